The summed E-state index contributed by atoms with van der Waals surface area (Å²) in [6, 6.07) is 0. The van der Waals surface area contributed by atoms with Gasteiger partial charge in [-0.1, -0.05) is 0 Å². The van der Waals surface area contributed by atoms with Crippen LogP contribution in [-0.4, -0.2) is 59.5 Å². The number of hydrogen-bond donors (Lipinski definition) is 3. The van der Waals surface area contributed by atoms with Crippen molar-refractivity contribution < 1.29 is 17.9 Å². The average Bonchev–Trinajstić information content (AvgIpc) is 2.20. The Kier molecular flexibility index (Phi) is 8.15. The number of carbonyl (C=O) groups excluding carboxylic acids is 1. The van der Waals surface area contributed by atoms with Crippen molar-refractivity contribution in [2.75, 3.05) is 39.6 Å². The van der Waals surface area contributed by atoms with Crippen LogP contribution in [0.15, 0.2) is 0 Å². The molecule has 1 amide bonds. The summed E-state index contributed by atoms with van der Waals surface area (Å²) in [7, 11) is -1.65. The lowest BCUT2D eigenvalue weighted by atomic mass is 10.1. The van der Waals surface area contributed by atoms with E-state index in [9.17, 15) is 13.2 Å². The molecule has 0 unspecified atom stereocenters. The van der Waals surface area contributed by atoms with Crippen LogP contribution in [0.3, 0.4) is 0 Å². The molecule has 0 radical (unpaired) electrons. The predicted octanol–water partition coefficient (Wildman–Crippen LogP) is -0.943. The normalized spacial score (nSPS) is 12.4. The maximum Gasteiger partial charge on any atom is 0.233 e. The van der Waals surface area contributed by atoms with Gasteiger partial charge in [-0.2, -0.15) is 0 Å². The van der Waals surface area contributed by atoms with Crippen LogP contribution in [0.1, 0.15) is 20.3 Å². The van der Waals surface area contributed by atoms with E-state index in [-0.39, 0.29) is 12.5 Å². The number of nitrogens with one attached hydrogen (secondary N) is 3. The van der Waals surface area contributed by atoms with Crippen molar-refractivity contribution in [2.45, 2.75) is 25.8 Å². The van der Waals surface area contributed by atoms with E-state index in [0.29, 0.717) is 19.7 Å². The molecule has 0 fully saturated rings. The number of methoxy groups -OCH3 is 1. The molecule has 114 valence electrons. The molecule has 0 atom stereocenters. The third kappa shape index (κ3) is 12.1. The van der Waals surface area contributed by atoms with Crippen molar-refractivity contribution in [2.24, 2.45) is 0 Å². The maximum absolute atomic E-state index is 11.4. The second-order valence-corrected chi connectivity index (χ2v) is 6.81. The Balaban J connectivity index is 3.80. The second kappa shape index (κ2) is 8.47. The van der Waals surface area contributed by atoms with Crippen LogP contribution in [0.25, 0.3) is 0 Å². The third-order valence-corrected chi connectivity index (χ3v) is 3.08. The van der Waals surface area contributed by atoms with Gasteiger partial charge in [0.25, 0.3) is 0 Å². The van der Waals surface area contributed by atoms with Gasteiger partial charge in [0.05, 0.1) is 12.8 Å². The molecular weight excluding hydrogens is 270 g/mol. The van der Waals surface area contributed by atoms with Crippen LogP contribution in [0.5, 0.6) is 0 Å². The number of carbonyl (C=O) groups is 1. The average molecular weight is 295 g/mol. The molecule has 0 saturated heterocycles. The molecule has 0 bridgehead atoms. The molecule has 19 heavy (non-hydrogen) atoms. The van der Waals surface area contributed by atoms with Gasteiger partial charge >= 0.3 is 0 Å². The zero-order valence-electron chi connectivity index (χ0n) is 12.1. The molecule has 0 aliphatic carbocycles. The monoisotopic (exact) mass is 295 g/mol. The zero-order chi connectivity index (χ0) is 14.9. The van der Waals surface area contributed by atoms with E-state index in [1.807, 2.05) is 0 Å². The quantitative estimate of drug-likeness (QED) is 0.452. The van der Waals surface area contributed by atoms with E-state index in [0.717, 1.165) is 12.7 Å². The minimum atomic E-state index is -3.26. The fraction of sp³-hybridized carbons (Fsp3) is 0.909. The van der Waals surface area contributed by atoms with Crippen LogP contribution < -0.4 is 15.4 Å². The molecule has 0 aromatic rings. The molecule has 7 nitrogen and oxygen atoms in total. The van der Waals surface area contributed by atoms with E-state index >= 15 is 0 Å². The molecule has 0 saturated carbocycles. The Labute approximate surface area is 115 Å². The fourth-order valence-corrected chi connectivity index (χ4v) is 2.61. The van der Waals surface area contributed by atoms with Gasteiger partial charge in [-0.05, 0) is 20.3 Å². The molecule has 0 aliphatic heterocycles. The summed E-state index contributed by atoms with van der Waals surface area (Å²) in [5.41, 5.74) is -0.635. The first-order valence-electron chi connectivity index (χ1n) is 6.11. The zero-order valence-corrected chi connectivity index (χ0v) is 12.9. The van der Waals surface area contributed by atoms with Crippen molar-refractivity contribution in [3.8, 4) is 0 Å². The smallest absolute Gasteiger partial charge is 0.233 e. The van der Waals surface area contributed by atoms with Crippen LogP contribution in [0, 0.1) is 0 Å². The molecule has 0 aromatic carbocycles. The fourth-order valence-electron chi connectivity index (χ4n) is 1.53. The lowest BCUT2D eigenvalue weighted by Crippen LogP contribution is -2.51. The van der Waals surface area contributed by atoms with Crippen molar-refractivity contribution in [1.29, 1.82) is 0 Å². The van der Waals surface area contributed by atoms with Gasteiger partial charge < -0.3 is 15.4 Å². The highest BCUT2D eigenvalue weighted by molar-refractivity contribution is 7.88. The third-order valence-electron chi connectivity index (χ3n) is 2.16. The number of amides is 1. The summed E-state index contributed by atoms with van der Waals surface area (Å²) in [5, 5.41) is 5.65. The van der Waals surface area contributed by atoms with Crippen molar-refractivity contribution in [1.82, 2.24) is 15.4 Å². The maximum atomic E-state index is 11.4. The van der Waals surface area contributed by atoms with Gasteiger partial charge in [-0.3, -0.25) is 4.79 Å². The Hall–Kier alpha value is -0.700. The summed E-state index contributed by atoms with van der Waals surface area (Å²) < 4.78 is 29.6. The summed E-state index contributed by atoms with van der Waals surface area (Å²) in [4.78, 5) is 11.4. The predicted molar refractivity (Wildman–Crippen MR) is 74.4 cm³/mol. The minimum Gasteiger partial charge on any atom is -0.385 e. The highest BCUT2D eigenvalue weighted by Gasteiger charge is 2.21. The largest absolute Gasteiger partial charge is 0.385 e. The van der Waals surface area contributed by atoms with Crippen LogP contribution >= 0.6 is 0 Å². The SMILES string of the molecule is COCCCNC(=O)CNCC(C)(C)NS(C)(=O)=O. The molecular formula is C11H25N3O4S. The van der Waals surface area contributed by atoms with E-state index in [2.05, 4.69) is 15.4 Å². The first-order valence-corrected chi connectivity index (χ1v) is 8.01. The molecule has 3 N–H and O–H groups in total. The molecule has 8 heteroatoms. The number of hydrogen-bond acceptors (Lipinski definition) is 5. The molecule has 0 rings (SSSR count). The number of rotatable bonds is 10. The lowest BCUT2D eigenvalue weighted by molar-refractivity contribution is -0.120. The van der Waals surface area contributed by atoms with Gasteiger partial charge in [-0.15, -0.1) is 0 Å². The van der Waals surface area contributed by atoms with E-state index in [1.165, 1.54) is 0 Å². The standard InChI is InChI=1S/C11H25N3O4S/c1-11(2,14-19(4,16)17)9-12-8-10(15)13-6-5-7-18-3/h12,14H,5-9H2,1-4H3,(H,13,15). The Morgan fingerprint density at radius 3 is 2.47 bits per heavy atom. The van der Waals surface area contributed by atoms with Crippen LogP contribution in [0.2, 0.25) is 0 Å². The second-order valence-electron chi connectivity index (χ2n) is 5.06. The minimum absolute atomic E-state index is 0.119. The summed E-state index contributed by atoms with van der Waals surface area (Å²) >= 11 is 0. The van der Waals surface area contributed by atoms with Gasteiger partial charge in [0, 0.05) is 32.3 Å². The Bertz CT molecular complexity index is 368. The summed E-state index contributed by atoms with van der Waals surface area (Å²) in [6.45, 7) is 5.20. The molecule has 0 aliphatic rings. The van der Waals surface area contributed by atoms with Crippen LogP contribution in [-0.2, 0) is 19.6 Å². The van der Waals surface area contributed by atoms with Gasteiger partial charge in [0.1, 0.15) is 0 Å². The first kappa shape index (κ1) is 18.3. The highest BCUT2D eigenvalue weighted by atomic mass is 32.2. The van der Waals surface area contributed by atoms with Crippen molar-refractivity contribution in [3.63, 3.8) is 0 Å². The first-order chi connectivity index (χ1) is 8.66. The molecule has 0 heterocycles. The number of ether oxygens (including phenoxy) is 1. The number of sulfonamides is 1. The van der Waals surface area contributed by atoms with Gasteiger partial charge in [-0.25, -0.2) is 13.1 Å². The van der Waals surface area contributed by atoms with Gasteiger partial charge in [0.15, 0.2) is 0 Å². The molecule has 0 spiro atoms. The lowest BCUT2D eigenvalue weighted by Gasteiger charge is -2.25. The van der Waals surface area contributed by atoms with E-state index < -0.39 is 15.6 Å². The van der Waals surface area contributed by atoms with Crippen LogP contribution in [0.4, 0.5) is 0 Å². The summed E-state index contributed by atoms with van der Waals surface area (Å²) in [5.74, 6) is -0.119. The Morgan fingerprint density at radius 1 is 1.32 bits per heavy atom. The van der Waals surface area contributed by atoms with E-state index in [4.69, 9.17) is 4.74 Å². The highest BCUT2D eigenvalue weighted by Crippen LogP contribution is 2.01. The Morgan fingerprint density at radius 2 is 1.95 bits per heavy atom. The molecule has 0 aromatic heterocycles. The summed E-state index contributed by atoms with van der Waals surface area (Å²) in [6.07, 6.45) is 1.88. The van der Waals surface area contributed by atoms with Gasteiger partial charge in [0.2, 0.25) is 15.9 Å². The van der Waals surface area contributed by atoms with Crippen molar-refractivity contribution in [3.05, 3.63) is 0 Å². The van der Waals surface area contributed by atoms with Crippen molar-refractivity contribution >= 4 is 15.9 Å². The topological polar surface area (TPSA) is 96.5 Å². The van der Waals surface area contributed by atoms with E-state index in [1.54, 1.807) is 21.0 Å².